The van der Waals surface area contributed by atoms with Gasteiger partial charge in [0.05, 0.1) is 0 Å². The zero-order valence-corrected chi connectivity index (χ0v) is 16.0. The number of rotatable bonds is 4. The van der Waals surface area contributed by atoms with E-state index in [0.717, 1.165) is 30.4 Å². The molecule has 2 aliphatic rings. The number of amides is 2. The van der Waals surface area contributed by atoms with E-state index in [2.05, 4.69) is 12.1 Å². The predicted octanol–water partition coefficient (Wildman–Crippen LogP) is 2.74. The van der Waals surface area contributed by atoms with Gasteiger partial charge in [-0.15, -0.1) is 0 Å². The summed E-state index contributed by atoms with van der Waals surface area (Å²) in [5, 5.41) is 0. The van der Waals surface area contributed by atoms with Gasteiger partial charge in [0, 0.05) is 38.3 Å². The summed E-state index contributed by atoms with van der Waals surface area (Å²) in [6.07, 6.45) is 2.21. The summed E-state index contributed by atoms with van der Waals surface area (Å²) in [4.78, 5) is 29.4. The fraction of sp³-hybridized carbons (Fsp3) is 0.391. The van der Waals surface area contributed by atoms with Crippen molar-refractivity contribution in [3.63, 3.8) is 0 Å². The number of carbonyl (C=O) groups is 2. The Kier molecular flexibility index (Phi) is 5.72. The summed E-state index contributed by atoms with van der Waals surface area (Å²) in [7, 11) is 0. The minimum atomic E-state index is -0.283. The maximum atomic E-state index is 13.1. The molecule has 2 fully saturated rings. The lowest BCUT2D eigenvalue weighted by Gasteiger charge is -2.36. The molecular formula is C23H26N2O3. The van der Waals surface area contributed by atoms with Crippen LogP contribution >= 0.6 is 0 Å². The molecule has 2 heterocycles. The minimum absolute atomic E-state index is 0.0516. The van der Waals surface area contributed by atoms with Gasteiger partial charge in [0.15, 0.2) is 0 Å². The smallest absolute Gasteiger partial charge is 0.254 e. The molecule has 2 saturated heterocycles. The van der Waals surface area contributed by atoms with E-state index in [1.165, 1.54) is 5.56 Å². The van der Waals surface area contributed by atoms with Gasteiger partial charge in [-0.25, -0.2) is 0 Å². The Bertz CT molecular complexity index is 823. The van der Waals surface area contributed by atoms with Crippen LogP contribution in [-0.4, -0.2) is 60.5 Å². The SMILES string of the molecule is O=C(c1ccccc1Cc1ccccc1)N1CCN(C(=O)C2CCCO2)CC1. The molecule has 0 bridgehead atoms. The van der Waals surface area contributed by atoms with Crippen LogP contribution in [0.5, 0.6) is 0 Å². The normalized spacial score (nSPS) is 19.6. The number of nitrogens with zero attached hydrogens (tertiary/aromatic N) is 2. The number of piperazine rings is 1. The maximum absolute atomic E-state index is 13.1. The fourth-order valence-corrected chi connectivity index (χ4v) is 3.98. The molecule has 0 radical (unpaired) electrons. The Morgan fingerprint density at radius 1 is 0.893 bits per heavy atom. The molecule has 4 rings (SSSR count). The molecule has 0 spiro atoms. The molecule has 146 valence electrons. The Morgan fingerprint density at radius 2 is 1.57 bits per heavy atom. The number of hydrogen-bond acceptors (Lipinski definition) is 3. The molecular weight excluding hydrogens is 352 g/mol. The van der Waals surface area contributed by atoms with E-state index in [9.17, 15) is 9.59 Å². The van der Waals surface area contributed by atoms with Crippen LogP contribution in [-0.2, 0) is 16.0 Å². The molecule has 0 aromatic heterocycles. The molecule has 0 saturated carbocycles. The average molecular weight is 378 g/mol. The highest BCUT2D eigenvalue weighted by Gasteiger charge is 2.31. The lowest BCUT2D eigenvalue weighted by atomic mass is 9.99. The summed E-state index contributed by atoms with van der Waals surface area (Å²) >= 11 is 0. The Hall–Kier alpha value is -2.66. The summed E-state index contributed by atoms with van der Waals surface area (Å²) in [5.41, 5.74) is 2.98. The average Bonchev–Trinajstić information content (AvgIpc) is 3.29. The zero-order valence-electron chi connectivity index (χ0n) is 16.0. The highest BCUT2D eigenvalue weighted by Crippen LogP contribution is 2.19. The maximum Gasteiger partial charge on any atom is 0.254 e. The first kappa shape index (κ1) is 18.7. The van der Waals surface area contributed by atoms with Crippen molar-refractivity contribution in [2.75, 3.05) is 32.8 Å². The topological polar surface area (TPSA) is 49.9 Å². The van der Waals surface area contributed by atoms with Gasteiger partial charge in [-0.05, 0) is 36.5 Å². The van der Waals surface area contributed by atoms with Gasteiger partial charge in [0.25, 0.3) is 11.8 Å². The molecule has 2 aromatic rings. The third kappa shape index (κ3) is 4.09. The van der Waals surface area contributed by atoms with Crippen molar-refractivity contribution in [2.24, 2.45) is 0 Å². The summed E-state index contributed by atoms with van der Waals surface area (Å²) in [6.45, 7) is 2.96. The van der Waals surface area contributed by atoms with Crippen molar-refractivity contribution in [1.29, 1.82) is 0 Å². The summed E-state index contributed by atoms with van der Waals surface area (Å²) < 4.78 is 5.51. The number of carbonyl (C=O) groups excluding carboxylic acids is 2. The number of ether oxygens (including phenoxy) is 1. The van der Waals surface area contributed by atoms with Crippen LogP contribution in [0.15, 0.2) is 54.6 Å². The number of hydrogen-bond donors (Lipinski definition) is 0. The summed E-state index contributed by atoms with van der Waals surface area (Å²) in [5.74, 6) is 0.129. The highest BCUT2D eigenvalue weighted by molar-refractivity contribution is 5.96. The standard InChI is InChI=1S/C23H26N2O3/c26-22(20-10-5-4-9-19(20)17-18-7-2-1-3-8-18)24-12-14-25(15-13-24)23(27)21-11-6-16-28-21/h1-5,7-10,21H,6,11-17H2. The molecule has 5 nitrogen and oxygen atoms in total. The zero-order chi connectivity index (χ0) is 19.3. The second kappa shape index (κ2) is 8.57. The van der Waals surface area contributed by atoms with Crippen LogP contribution in [0.25, 0.3) is 0 Å². The van der Waals surface area contributed by atoms with E-state index in [-0.39, 0.29) is 17.9 Å². The first-order chi connectivity index (χ1) is 13.7. The third-order valence-corrected chi connectivity index (χ3v) is 5.57. The molecule has 28 heavy (non-hydrogen) atoms. The quantitative estimate of drug-likeness (QED) is 0.822. The van der Waals surface area contributed by atoms with E-state index in [1.54, 1.807) is 0 Å². The van der Waals surface area contributed by atoms with Gasteiger partial charge in [-0.3, -0.25) is 9.59 Å². The van der Waals surface area contributed by atoms with Crippen molar-refractivity contribution in [2.45, 2.75) is 25.4 Å². The minimum Gasteiger partial charge on any atom is -0.368 e. The second-order valence-electron chi connectivity index (χ2n) is 7.44. The Morgan fingerprint density at radius 3 is 2.29 bits per heavy atom. The van der Waals surface area contributed by atoms with E-state index < -0.39 is 0 Å². The first-order valence-corrected chi connectivity index (χ1v) is 10.0. The van der Waals surface area contributed by atoms with E-state index >= 15 is 0 Å². The van der Waals surface area contributed by atoms with Crippen LogP contribution in [0.1, 0.15) is 34.3 Å². The first-order valence-electron chi connectivity index (χ1n) is 10.0. The van der Waals surface area contributed by atoms with Crippen LogP contribution in [0.2, 0.25) is 0 Å². The van der Waals surface area contributed by atoms with Gasteiger partial charge in [-0.1, -0.05) is 48.5 Å². The van der Waals surface area contributed by atoms with Crippen LogP contribution in [0.3, 0.4) is 0 Å². The van der Waals surface area contributed by atoms with Gasteiger partial charge in [0.1, 0.15) is 6.10 Å². The Balaban J connectivity index is 1.41. The van der Waals surface area contributed by atoms with Crippen molar-refractivity contribution < 1.29 is 14.3 Å². The Labute approximate surface area is 165 Å². The van der Waals surface area contributed by atoms with Crippen LogP contribution < -0.4 is 0 Å². The van der Waals surface area contributed by atoms with Crippen LogP contribution in [0, 0.1) is 0 Å². The van der Waals surface area contributed by atoms with Gasteiger partial charge in [0.2, 0.25) is 0 Å². The van der Waals surface area contributed by atoms with E-state index in [4.69, 9.17) is 4.74 Å². The lowest BCUT2D eigenvalue weighted by molar-refractivity contribution is -0.142. The molecule has 2 aromatic carbocycles. The van der Waals surface area contributed by atoms with Crippen molar-refractivity contribution >= 4 is 11.8 Å². The molecule has 5 heteroatoms. The molecule has 2 aliphatic heterocycles. The number of benzene rings is 2. The predicted molar refractivity (Wildman–Crippen MR) is 107 cm³/mol. The molecule has 1 atom stereocenters. The van der Waals surface area contributed by atoms with Crippen molar-refractivity contribution in [3.05, 3.63) is 71.3 Å². The molecule has 0 N–H and O–H groups in total. The molecule has 0 aliphatic carbocycles. The van der Waals surface area contributed by atoms with Crippen molar-refractivity contribution in [1.82, 2.24) is 9.80 Å². The second-order valence-corrected chi connectivity index (χ2v) is 7.44. The van der Waals surface area contributed by atoms with Crippen LogP contribution in [0.4, 0.5) is 0 Å². The third-order valence-electron chi connectivity index (χ3n) is 5.57. The lowest BCUT2D eigenvalue weighted by Crippen LogP contribution is -2.52. The largest absolute Gasteiger partial charge is 0.368 e. The van der Waals surface area contributed by atoms with Gasteiger partial charge in [-0.2, -0.15) is 0 Å². The fourth-order valence-electron chi connectivity index (χ4n) is 3.98. The highest BCUT2D eigenvalue weighted by atomic mass is 16.5. The van der Waals surface area contributed by atoms with Gasteiger partial charge < -0.3 is 14.5 Å². The van der Waals surface area contributed by atoms with Crippen molar-refractivity contribution in [3.8, 4) is 0 Å². The molecule has 2 amide bonds. The van der Waals surface area contributed by atoms with E-state index in [0.29, 0.717) is 32.8 Å². The van der Waals surface area contributed by atoms with E-state index in [1.807, 2.05) is 52.3 Å². The monoisotopic (exact) mass is 378 g/mol. The summed E-state index contributed by atoms with van der Waals surface area (Å²) in [6, 6.07) is 18.0. The van der Waals surface area contributed by atoms with Gasteiger partial charge >= 0.3 is 0 Å². The molecule has 1 unspecified atom stereocenters.